The van der Waals surface area contributed by atoms with Crippen LogP contribution in [-0.4, -0.2) is 34.1 Å². The number of aliphatic hydroxyl groups excluding tert-OH is 1. The molecule has 0 radical (unpaired) electrons. The number of carbonyl (C=O) groups excluding carboxylic acids is 1. The molecule has 2 N–H and O–H groups in total. The van der Waals surface area contributed by atoms with E-state index in [0.717, 1.165) is 0 Å². The molecule has 0 aromatic rings. The van der Waals surface area contributed by atoms with E-state index in [0.29, 0.717) is 6.54 Å². The van der Waals surface area contributed by atoms with Gasteiger partial charge in [-0.05, 0) is 6.92 Å². The van der Waals surface area contributed by atoms with Gasteiger partial charge in [0.25, 0.3) is 0 Å². The summed E-state index contributed by atoms with van der Waals surface area (Å²) in [6.07, 6.45) is 0. The lowest BCUT2D eigenvalue weighted by Crippen LogP contribution is -2.32. The Labute approximate surface area is 89.3 Å². The van der Waals surface area contributed by atoms with Crippen LogP contribution in [0.4, 0.5) is 0 Å². The highest BCUT2D eigenvalue weighted by Crippen LogP contribution is 2.05. The number of amides is 1. The number of hydrogen-bond donors (Lipinski definition) is 2. The molecule has 0 heterocycles. The van der Waals surface area contributed by atoms with Crippen LogP contribution in [0.5, 0.6) is 0 Å². The van der Waals surface area contributed by atoms with Crippen molar-refractivity contribution in [1.29, 1.82) is 0 Å². The van der Waals surface area contributed by atoms with E-state index in [9.17, 15) is 4.79 Å². The number of hydrogen-bond acceptors (Lipinski definition) is 4. The Hall–Kier alpha value is -0.130. The van der Waals surface area contributed by atoms with E-state index < -0.39 is 0 Å². The standard InChI is InChI=1S/C6H11NO2S2.C2H6/c1-5(11-4-10)6(9)7-2-3-8;1-2/h4-5,8H,2-3H2,1H3,(H,7,9);1-2H3. The fourth-order valence-electron chi connectivity index (χ4n) is 0.468. The van der Waals surface area contributed by atoms with Crippen LogP contribution >= 0.6 is 24.0 Å². The first-order valence-corrected chi connectivity index (χ1v) is 5.61. The molecule has 0 aliphatic carbocycles. The molecule has 0 spiro atoms. The lowest BCUT2D eigenvalue weighted by molar-refractivity contribution is -0.120. The van der Waals surface area contributed by atoms with Crippen molar-refractivity contribution in [3.05, 3.63) is 0 Å². The van der Waals surface area contributed by atoms with Gasteiger partial charge in [0, 0.05) is 11.2 Å². The van der Waals surface area contributed by atoms with Crippen LogP contribution in [0.2, 0.25) is 0 Å². The number of carbonyl (C=O) groups is 1. The number of rotatable bonds is 5. The molecule has 0 saturated carbocycles. The van der Waals surface area contributed by atoms with Gasteiger partial charge in [-0.25, -0.2) is 0 Å². The van der Waals surface area contributed by atoms with Crippen LogP contribution in [0.15, 0.2) is 0 Å². The van der Waals surface area contributed by atoms with E-state index in [1.165, 1.54) is 16.5 Å². The molecule has 0 saturated heterocycles. The third kappa shape index (κ3) is 9.79. The maximum absolute atomic E-state index is 11.0. The molecule has 0 bridgehead atoms. The van der Waals surface area contributed by atoms with Gasteiger partial charge in [0.2, 0.25) is 5.91 Å². The molecule has 5 heteroatoms. The molecule has 78 valence electrons. The molecule has 1 amide bonds. The first-order valence-electron chi connectivity index (χ1n) is 4.20. The summed E-state index contributed by atoms with van der Waals surface area (Å²) in [5, 5.41) is 10.8. The Morgan fingerprint density at radius 2 is 2.23 bits per heavy atom. The van der Waals surface area contributed by atoms with Gasteiger partial charge in [0.15, 0.2) is 0 Å². The lowest BCUT2D eigenvalue weighted by atomic mass is 10.4. The highest BCUT2D eigenvalue weighted by Gasteiger charge is 2.10. The lowest BCUT2D eigenvalue weighted by Gasteiger charge is -2.07. The molecule has 0 rings (SSSR count). The summed E-state index contributed by atoms with van der Waals surface area (Å²) >= 11 is 5.85. The predicted molar refractivity (Wildman–Crippen MR) is 62.2 cm³/mol. The van der Waals surface area contributed by atoms with Crippen molar-refractivity contribution in [2.24, 2.45) is 0 Å². The zero-order valence-corrected chi connectivity index (χ0v) is 9.87. The van der Waals surface area contributed by atoms with Crippen LogP contribution in [0, 0.1) is 0 Å². The van der Waals surface area contributed by atoms with Crippen LogP contribution in [0.25, 0.3) is 0 Å². The maximum atomic E-state index is 11.0. The van der Waals surface area contributed by atoms with Crippen LogP contribution in [0.1, 0.15) is 20.8 Å². The molecule has 13 heavy (non-hydrogen) atoms. The first-order chi connectivity index (χ1) is 6.22. The maximum Gasteiger partial charge on any atom is 0.233 e. The Bertz CT molecular complexity index is 142. The molecule has 1 unspecified atom stereocenters. The van der Waals surface area contributed by atoms with Gasteiger partial charge >= 0.3 is 0 Å². The minimum Gasteiger partial charge on any atom is -0.395 e. The quantitative estimate of drug-likeness (QED) is 0.688. The third-order valence-corrected chi connectivity index (χ3v) is 2.11. The summed E-state index contributed by atoms with van der Waals surface area (Å²) in [6, 6.07) is 0. The molecule has 3 nitrogen and oxygen atoms in total. The van der Waals surface area contributed by atoms with Gasteiger partial charge in [0.05, 0.1) is 11.9 Å². The highest BCUT2D eigenvalue weighted by atomic mass is 32.2. The third-order valence-electron chi connectivity index (χ3n) is 1.04. The van der Waals surface area contributed by atoms with Crippen molar-refractivity contribution in [1.82, 2.24) is 5.32 Å². The molecular weight excluding hydrogens is 206 g/mol. The number of thioether (sulfide) groups is 1. The average Bonchev–Trinajstić information content (AvgIpc) is 2.17. The zero-order valence-electron chi connectivity index (χ0n) is 8.24. The number of nitrogens with one attached hydrogen (secondary N) is 1. The monoisotopic (exact) mass is 223 g/mol. The van der Waals surface area contributed by atoms with Gasteiger partial charge in [-0.1, -0.05) is 26.1 Å². The summed E-state index contributed by atoms with van der Waals surface area (Å²) in [7, 11) is 0. The fraction of sp³-hybridized carbons (Fsp3) is 0.750. The van der Waals surface area contributed by atoms with E-state index in [2.05, 4.69) is 17.5 Å². The second-order valence-electron chi connectivity index (χ2n) is 1.89. The predicted octanol–water partition coefficient (Wildman–Crippen LogP) is 1.20. The Balaban J connectivity index is 0. The number of thiocarbonyl (C=S) groups is 1. The van der Waals surface area contributed by atoms with Gasteiger partial charge in [0.1, 0.15) is 0 Å². The summed E-state index contributed by atoms with van der Waals surface area (Å²) in [4.78, 5) is 11.0. The van der Waals surface area contributed by atoms with Gasteiger partial charge < -0.3 is 10.4 Å². The Morgan fingerprint density at radius 3 is 2.62 bits per heavy atom. The topological polar surface area (TPSA) is 49.3 Å². The summed E-state index contributed by atoms with van der Waals surface area (Å²) in [6.45, 7) is 6.04. The largest absolute Gasteiger partial charge is 0.395 e. The molecule has 0 aromatic heterocycles. The van der Waals surface area contributed by atoms with E-state index in [1.54, 1.807) is 6.92 Å². The van der Waals surface area contributed by atoms with Crippen molar-refractivity contribution in [3.63, 3.8) is 0 Å². The molecule has 0 aliphatic heterocycles. The normalized spacial score (nSPS) is 10.8. The fourth-order valence-corrected chi connectivity index (χ4v) is 1.34. The smallest absolute Gasteiger partial charge is 0.233 e. The SMILES string of the molecule is CC.CC(SC=S)C(=O)NCCO. The van der Waals surface area contributed by atoms with Gasteiger partial charge in [-0.15, -0.1) is 11.8 Å². The van der Waals surface area contributed by atoms with E-state index in [4.69, 9.17) is 5.11 Å². The van der Waals surface area contributed by atoms with Crippen molar-refractivity contribution in [2.45, 2.75) is 26.0 Å². The Morgan fingerprint density at radius 1 is 1.69 bits per heavy atom. The molecule has 0 aromatic carbocycles. The van der Waals surface area contributed by atoms with E-state index in [-0.39, 0.29) is 17.8 Å². The number of aliphatic hydroxyl groups is 1. The van der Waals surface area contributed by atoms with E-state index >= 15 is 0 Å². The molecule has 0 fully saturated rings. The van der Waals surface area contributed by atoms with Crippen molar-refractivity contribution >= 4 is 34.6 Å². The van der Waals surface area contributed by atoms with Gasteiger partial charge in [-0.2, -0.15) is 0 Å². The van der Waals surface area contributed by atoms with Crippen LogP contribution < -0.4 is 5.32 Å². The average molecular weight is 223 g/mol. The summed E-state index contributed by atoms with van der Waals surface area (Å²) in [5.74, 6) is -0.0925. The van der Waals surface area contributed by atoms with E-state index in [1.807, 2.05) is 13.8 Å². The summed E-state index contributed by atoms with van der Waals surface area (Å²) < 4.78 is 1.46. The molecule has 1 atom stereocenters. The minimum absolute atomic E-state index is 0.0271. The van der Waals surface area contributed by atoms with Crippen LogP contribution in [-0.2, 0) is 4.79 Å². The highest BCUT2D eigenvalue weighted by molar-refractivity contribution is 8.21. The molecule has 0 aliphatic rings. The second-order valence-corrected chi connectivity index (χ2v) is 3.64. The van der Waals surface area contributed by atoms with Crippen molar-refractivity contribution < 1.29 is 9.90 Å². The van der Waals surface area contributed by atoms with Crippen molar-refractivity contribution in [3.8, 4) is 0 Å². The first kappa shape index (κ1) is 15.3. The Kier molecular flexibility index (Phi) is 14.0. The zero-order chi connectivity index (χ0) is 10.7. The van der Waals surface area contributed by atoms with Crippen molar-refractivity contribution in [2.75, 3.05) is 13.2 Å². The minimum atomic E-state index is -0.168. The van der Waals surface area contributed by atoms with Crippen LogP contribution in [0.3, 0.4) is 0 Å². The van der Waals surface area contributed by atoms with Gasteiger partial charge in [-0.3, -0.25) is 4.79 Å². The summed E-state index contributed by atoms with van der Waals surface area (Å²) in [5.41, 5.74) is 0. The molecular formula is C8H17NO2S2. The second kappa shape index (κ2) is 11.9.